The molecule has 0 saturated carbocycles. The van der Waals surface area contributed by atoms with Gasteiger partial charge >= 0.3 is 0 Å². The molecule has 0 fully saturated rings. The summed E-state index contributed by atoms with van der Waals surface area (Å²) in [5.74, 6) is 1.40. The molecule has 0 unspecified atom stereocenters. The van der Waals surface area contributed by atoms with E-state index in [2.05, 4.69) is 22.8 Å². The number of ether oxygens (including phenoxy) is 2. The molecule has 1 aromatic heterocycles. The molecule has 4 nitrogen and oxygen atoms in total. The molecule has 21 heavy (non-hydrogen) atoms. The first kappa shape index (κ1) is 15.8. The van der Waals surface area contributed by atoms with E-state index >= 15 is 0 Å². The van der Waals surface area contributed by atoms with Crippen LogP contribution in [-0.4, -0.2) is 24.9 Å². The molecule has 0 aliphatic rings. The Morgan fingerprint density at radius 1 is 1.14 bits per heavy atom. The second-order valence-corrected chi connectivity index (χ2v) is 5.50. The van der Waals surface area contributed by atoms with E-state index in [1.807, 2.05) is 25.1 Å². The molecule has 0 saturated heterocycles. The van der Waals surface area contributed by atoms with E-state index in [4.69, 9.17) is 14.6 Å². The minimum Gasteiger partial charge on any atom is -0.490 e. The Morgan fingerprint density at radius 2 is 2.05 bits per heavy atom. The third-order valence-corrected chi connectivity index (χ3v) is 3.74. The maximum Gasteiger partial charge on any atom is 0.161 e. The van der Waals surface area contributed by atoms with Gasteiger partial charge in [0.2, 0.25) is 0 Å². The van der Waals surface area contributed by atoms with Crippen LogP contribution in [0.3, 0.4) is 0 Å². The number of hydrogen-bond donors (Lipinski definition) is 2. The molecule has 114 valence electrons. The normalized spacial score (nSPS) is 10.6. The summed E-state index contributed by atoms with van der Waals surface area (Å²) >= 11 is 1.75. The Balaban J connectivity index is 1.94. The molecular weight excluding hydrogens is 286 g/mol. The second kappa shape index (κ2) is 8.67. The Morgan fingerprint density at radius 3 is 2.76 bits per heavy atom. The average Bonchev–Trinajstić information content (AvgIpc) is 3.00. The van der Waals surface area contributed by atoms with Crippen molar-refractivity contribution in [2.75, 3.05) is 19.8 Å². The van der Waals surface area contributed by atoms with Crippen LogP contribution in [0.2, 0.25) is 0 Å². The molecule has 1 aromatic carbocycles. The third kappa shape index (κ3) is 5.04. The van der Waals surface area contributed by atoms with Gasteiger partial charge in [-0.05, 0) is 36.1 Å². The predicted molar refractivity (Wildman–Crippen MR) is 85.1 cm³/mol. The fraction of sp³-hybridized carbons (Fsp3) is 0.375. The van der Waals surface area contributed by atoms with Crippen molar-refractivity contribution in [3.63, 3.8) is 0 Å². The Bertz CT molecular complexity index is 528. The highest BCUT2D eigenvalue weighted by atomic mass is 32.1. The zero-order valence-corrected chi connectivity index (χ0v) is 13.0. The molecule has 0 spiro atoms. The predicted octanol–water partition coefficient (Wildman–Crippen LogP) is 2.81. The summed E-state index contributed by atoms with van der Waals surface area (Å²) in [5, 5.41) is 14.3. The topological polar surface area (TPSA) is 50.7 Å². The van der Waals surface area contributed by atoms with Crippen LogP contribution in [0.5, 0.6) is 11.5 Å². The van der Waals surface area contributed by atoms with Gasteiger partial charge in [-0.25, -0.2) is 0 Å². The Kier molecular flexibility index (Phi) is 6.53. The zero-order chi connectivity index (χ0) is 14.9. The van der Waals surface area contributed by atoms with Gasteiger partial charge in [-0.3, -0.25) is 0 Å². The molecule has 2 aromatic rings. The van der Waals surface area contributed by atoms with Crippen molar-refractivity contribution in [3.8, 4) is 11.5 Å². The van der Waals surface area contributed by atoms with E-state index in [9.17, 15) is 0 Å². The standard InChI is InChI=1S/C16H21NO3S/c1-2-19-16-10-13(5-6-15(16)20-8-7-18)11-17-12-14-4-3-9-21-14/h3-6,9-10,17-18H,2,7-8,11-12H2,1H3. The summed E-state index contributed by atoms with van der Waals surface area (Å²) < 4.78 is 11.1. The summed E-state index contributed by atoms with van der Waals surface area (Å²) in [6.07, 6.45) is 0. The number of hydrogen-bond acceptors (Lipinski definition) is 5. The molecule has 0 bridgehead atoms. The Hall–Kier alpha value is -1.56. The van der Waals surface area contributed by atoms with E-state index in [-0.39, 0.29) is 13.2 Å². The lowest BCUT2D eigenvalue weighted by Crippen LogP contribution is -2.12. The number of rotatable bonds is 9. The van der Waals surface area contributed by atoms with Gasteiger partial charge in [0.15, 0.2) is 11.5 Å². The maximum atomic E-state index is 8.83. The van der Waals surface area contributed by atoms with Crippen molar-refractivity contribution in [3.05, 3.63) is 46.2 Å². The number of aliphatic hydroxyl groups excluding tert-OH is 1. The van der Waals surface area contributed by atoms with Crippen molar-refractivity contribution < 1.29 is 14.6 Å². The lowest BCUT2D eigenvalue weighted by molar-refractivity contribution is 0.194. The van der Waals surface area contributed by atoms with E-state index < -0.39 is 0 Å². The molecule has 0 amide bonds. The summed E-state index contributed by atoms with van der Waals surface area (Å²) in [6, 6.07) is 10.1. The molecule has 0 aliphatic carbocycles. The first-order chi connectivity index (χ1) is 10.3. The summed E-state index contributed by atoms with van der Waals surface area (Å²) in [7, 11) is 0. The highest BCUT2D eigenvalue weighted by Gasteiger charge is 2.06. The number of thiophene rings is 1. The average molecular weight is 307 g/mol. The van der Waals surface area contributed by atoms with Crippen molar-refractivity contribution in [1.82, 2.24) is 5.32 Å². The van der Waals surface area contributed by atoms with Crippen LogP contribution < -0.4 is 14.8 Å². The highest BCUT2D eigenvalue weighted by molar-refractivity contribution is 7.09. The smallest absolute Gasteiger partial charge is 0.161 e. The van der Waals surface area contributed by atoms with Crippen LogP contribution in [0.4, 0.5) is 0 Å². The molecule has 2 N–H and O–H groups in total. The van der Waals surface area contributed by atoms with Gasteiger partial charge in [0.05, 0.1) is 13.2 Å². The van der Waals surface area contributed by atoms with Gasteiger partial charge < -0.3 is 19.9 Å². The fourth-order valence-electron chi connectivity index (χ4n) is 1.95. The number of nitrogens with one attached hydrogen (secondary N) is 1. The first-order valence-corrected chi connectivity index (χ1v) is 7.94. The highest BCUT2D eigenvalue weighted by Crippen LogP contribution is 2.28. The molecule has 2 rings (SSSR count). The van der Waals surface area contributed by atoms with Gasteiger partial charge in [0.1, 0.15) is 6.61 Å². The second-order valence-electron chi connectivity index (χ2n) is 4.47. The van der Waals surface area contributed by atoms with E-state index in [1.165, 1.54) is 4.88 Å². The van der Waals surface area contributed by atoms with Gasteiger partial charge in [0, 0.05) is 18.0 Å². The van der Waals surface area contributed by atoms with E-state index in [0.717, 1.165) is 24.4 Å². The van der Waals surface area contributed by atoms with Crippen LogP contribution in [0, 0.1) is 0 Å². The monoisotopic (exact) mass is 307 g/mol. The molecule has 5 heteroatoms. The van der Waals surface area contributed by atoms with Crippen molar-refractivity contribution in [1.29, 1.82) is 0 Å². The molecule has 1 heterocycles. The minimum absolute atomic E-state index is 0.00428. The van der Waals surface area contributed by atoms with Gasteiger partial charge in [-0.2, -0.15) is 0 Å². The van der Waals surface area contributed by atoms with Crippen LogP contribution in [0.15, 0.2) is 35.7 Å². The van der Waals surface area contributed by atoms with Crippen molar-refractivity contribution >= 4 is 11.3 Å². The summed E-state index contributed by atoms with van der Waals surface area (Å²) in [6.45, 7) is 4.44. The summed E-state index contributed by atoms with van der Waals surface area (Å²) in [4.78, 5) is 1.32. The maximum absolute atomic E-state index is 8.83. The minimum atomic E-state index is -0.00428. The van der Waals surface area contributed by atoms with Crippen LogP contribution in [0.1, 0.15) is 17.4 Å². The van der Waals surface area contributed by atoms with E-state index in [1.54, 1.807) is 11.3 Å². The van der Waals surface area contributed by atoms with Gasteiger partial charge in [-0.15, -0.1) is 11.3 Å². The Labute approximate surface area is 129 Å². The first-order valence-electron chi connectivity index (χ1n) is 7.06. The molecule has 0 atom stereocenters. The lowest BCUT2D eigenvalue weighted by atomic mass is 10.2. The van der Waals surface area contributed by atoms with Crippen LogP contribution in [0.25, 0.3) is 0 Å². The number of benzene rings is 1. The fourth-order valence-corrected chi connectivity index (χ4v) is 2.62. The quantitative estimate of drug-likeness (QED) is 0.748. The molecule has 0 aliphatic heterocycles. The summed E-state index contributed by atoms with van der Waals surface area (Å²) in [5.41, 5.74) is 1.14. The molecular formula is C16H21NO3S. The zero-order valence-electron chi connectivity index (χ0n) is 12.2. The van der Waals surface area contributed by atoms with Gasteiger partial charge in [-0.1, -0.05) is 12.1 Å². The largest absolute Gasteiger partial charge is 0.490 e. The lowest BCUT2D eigenvalue weighted by Gasteiger charge is -2.13. The number of aliphatic hydroxyl groups is 1. The third-order valence-electron chi connectivity index (χ3n) is 2.87. The van der Waals surface area contributed by atoms with Gasteiger partial charge in [0.25, 0.3) is 0 Å². The molecule has 0 radical (unpaired) electrons. The van der Waals surface area contributed by atoms with Crippen molar-refractivity contribution in [2.45, 2.75) is 20.0 Å². The van der Waals surface area contributed by atoms with Crippen LogP contribution >= 0.6 is 11.3 Å². The van der Waals surface area contributed by atoms with Crippen LogP contribution in [-0.2, 0) is 13.1 Å². The SMILES string of the molecule is CCOc1cc(CNCc2cccs2)ccc1OCCO. The van der Waals surface area contributed by atoms with E-state index in [0.29, 0.717) is 12.4 Å². The van der Waals surface area contributed by atoms with Crippen molar-refractivity contribution in [2.24, 2.45) is 0 Å².